The highest BCUT2D eigenvalue weighted by molar-refractivity contribution is 7.89. The third kappa shape index (κ3) is 2.16. The van der Waals surface area contributed by atoms with E-state index in [1.165, 1.54) is 10.7 Å². The van der Waals surface area contributed by atoms with E-state index in [0.717, 1.165) is 32.1 Å². The fraction of sp³-hybridized carbons (Fsp3) is 1.00. The normalized spacial score (nSPS) is 38.9. The summed E-state index contributed by atoms with van der Waals surface area (Å²) in [6.07, 6.45) is 3.71. The molecule has 4 rings (SSSR count). The number of rotatable bonds is 5. The van der Waals surface area contributed by atoms with Crippen LogP contribution in [0.5, 0.6) is 0 Å². The molecule has 3 aliphatic carbocycles. The smallest absolute Gasteiger partial charge is 0.212 e. The van der Waals surface area contributed by atoms with Crippen LogP contribution in [0.1, 0.15) is 44.9 Å². The molecule has 21 heavy (non-hydrogen) atoms. The molecule has 0 spiro atoms. The number of fused-ring (bicyclic) bond motifs is 1. The lowest BCUT2D eigenvalue weighted by molar-refractivity contribution is -0.0216. The third-order valence-electron chi connectivity index (χ3n) is 6.46. The van der Waals surface area contributed by atoms with Gasteiger partial charge >= 0.3 is 0 Å². The van der Waals surface area contributed by atoms with Crippen molar-refractivity contribution in [1.29, 1.82) is 0 Å². The largest absolute Gasteiger partial charge is 0.239 e. The molecule has 120 valence electrons. The van der Waals surface area contributed by atoms with Crippen LogP contribution in [-0.2, 0) is 10.0 Å². The summed E-state index contributed by atoms with van der Waals surface area (Å²) in [6, 6.07) is 0. The highest BCUT2D eigenvalue weighted by Gasteiger charge is 2.60. The number of alkyl halides is 2. The van der Waals surface area contributed by atoms with Crippen molar-refractivity contribution in [2.75, 3.05) is 13.1 Å². The van der Waals surface area contributed by atoms with Gasteiger partial charge in [-0.3, -0.25) is 0 Å². The molecule has 4 aliphatic rings. The second-order valence-electron chi connectivity index (χ2n) is 7.67. The van der Waals surface area contributed by atoms with Crippen molar-refractivity contribution < 1.29 is 17.2 Å². The van der Waals surface area contributed by atoms with E-state index >= 15 is 0 Å². The van der Waals surface area contributed by atoms with Crippen LogP contribution in [0.4, 0.5) is 8.78 Å². The summed E-state index contributed by atoms with van der Waals surface area (Å²) in [4.78, 5) is 0. The van der Waals surface area contributed by atoms with Gasteiger partial charge in [-0.15, -0.1) is 0 Å². The molecule has 0 N–H and O–H groups in total. The van der Waals surface area contributed by atoms with Crippen LogP contribution in [0.3, 0.4) is 0 Å². The maximum Gasteiger partial charge on any atom is 0.239 e. The molecule has 1 saturated heterocycles. The van der Waals surface area contributed by atoms with E-state index in [4.69, 9.17) is 0 Å². The molecule has 0 amide bonds. The van der Waals surface area contributed by atoms with Crippen molar-refractivity contribution in [3.8, 4) is 0 Å². The second-order valence-corrected chi connectivity index (χ2v) is 9.83. The summed E-state index contributed by atoms with van der Waals surface area (Å²) < 4.78 is 52.5. The maximum absolute atomic E-state index is 12.8. The highest BCUT2D eigenvalue weighted by atomic mass is 32.2. The summed E-state index contributed by atoms with van der Waals surface area (Å²) in [5, 5.41) is -0.214. The Balaban J connectivity index is 1.44. The van der Waals surface area contributed by atoms with Crippen LogP contribution in [0.15, 0.2) is 0 Å². The first-order valence-electron chi connectivity index (χ1n) is 8.19. The van der Waals surface area contributed by atoms with Crippen molar-refractivity contribution in [1.82, 2.24) is 4.31 Å². The predicted octanol–water partition coefficient (Wildman–Crippen LogP) is 2.87. The van der Waals surface area contributed by atoms with Gasteiger partial charge in [0.25, 0.3) is 0 Å². The summed E-state index contributed by atoms with van der Waals surface area (Å²) in [5.41, 5.74) is -0.417. The first-order valence-corrected chi connectivity index (χ1v) is 9.70. The zero-order valence-electron chi connectivity index (χ0n) is 12.2. The molecule has 4 fully saturated rings. The number of nitrogens with zero attached hydrogens (tertiary/aromatic N) is 1. The minimum absolute atomic E-state index is 0.125. The molecule has 3 unspecified atom stereocenters. The van der Waals surface area contributed by atoms with Crippen molar-refractivity contribution in [3.05, 3.63) is 0 Å². The van der Waals surface area contributed by atoms with Gasteiger partial charge in [0.05, 0.1) is 5.25 Å². The van der Waals surface area contributed by atoms with Crippen molar-refractivity contribution in [3.63, 3.8) is 0 Å². The molecule has 0 radical (unpaired) electrons. The topological polar surface area (TPSA) is 37.4 Å². The molecule has 0 bridgehead atoms. The van der Waals surface area contributed by atoms with Gasteiger partial charge in [0.2, 0.25) is 16.4 Å². The van der Waals surface area contributed by atoms with E-state index in [1.54, 1.807) is 0 Å². The van der Waals surface area contributed by atoms with Crippen LogP contribution in [0.25, 0.3) is 0 Å². The van der Waals surface area contributed by atoms with Crippen molar-refractivity contribution in [2.24, 2.45) is 23.2 Å². The van der Waals surface area contributed by atoms with Gasteiger partial charge < -0.3 is 0 Å². The van der Waals surface area contributed by atoms with Crippen molar-refractivity contribution >= 4 is 10.0 Å². The lowest BCUT2D eigenvalue weighted by Gasteiger charge is -2.53. The number of halogens is 2. The van der Waals surface area contributed by atoms with Crippen LogP contribution < -0.4 is 0 Å². The summed E-state index contributed by atoms with van der Waals surface area (Å²) in [6.45, 7) is 0.691. The number of hydrogen-bond donors (Lipinski definition) is 0. The summed E-state index contributed by atoms with van der Waals surface area (Å²) >= 11 is 0. The standard InChI is InChI=1S/C15H23F2NO2S/c16-14(17)7-15(11-4-5-11)8-18(9-15)21(19,20)13-6-10-2-1-3-12(10)13/h10-14H,1-9H2. The molecule has 1 heterocycles. The minimum Gasteiger partial charge on any atom is -0.212 e. The van der Waals surface area contributed by atoms with E-state index in [0.29, 0.717) is 30.8 Å². The first kappa shape index (κ1) is 14.4. The maximum atomic E-state index is 12.8. The Morgan fingerprint density at radius 2 is 1.86 bits per heavy atom. The number of sulfonamides is 1. The molecular weight excluding hydrogens is 296 g/mol. The van der Waals surface area contributed by atoms with Crippen LogP contribution in [0.2, 0.25) is 0 Å². The van der Waals surface area contributed by atoms with E-state index in [9.17, 15) is 17.2 Å². The molecule has 3 nitrogen and oxygen atoms in total. The Morgan fingerprint density at radius 3 is 2.43 bits per heavy atom. The Labute approximate surface area is 125 Å². The second kappa shape index (κ2) is 4.63. The summed E-state index contributed by atoms with van der Waals surface area (Å²) in [5.74, 6) is 1.29. The van der Waals surface area contributed by atoms with Crippen LogP contribution in [-0.4, -0.2) is 37.5 Å². The van der Waals surface area contributed by atoms with Crippen LogP contribution >= 0.6 is 0 Å². The highest BCUT2D eigenvalue weighted by Crippen LogP contribution is 2.57. The average Bonchev–Trinajstić information content (AvgIpc) is 3.09. The number of hydrogen-bond acceptors (Lipinski definition) is 2. The zero-order valence-corrected chi connectivity index (χ0v) is 13.0. The van der Waals surface area contributed by atoms with Gasteiger partial charge in [-0.2, -0.15) is 0 Å². The van der Waals surface area contributed by atoms with E-state index in [1.807, 2.05) is 0 Å². The Morgan fingerprint density at radius 1 is 1.14 bits per heavy atom. The first-order chi connectivity index (χ1) is 9.92. The zero-order chi connectivity index (χ0) is 14.8. The Bertz CT molecular complexity index is 526. The van der Waals surface area contributed by atoms with Gasteiger partial charge in [-0.1, -0.05) is 12.8 Å². The third-order valence-corrected chi connectivity index (χ3v) is 8.74. The molecule has 0 aromatic rings. The van der Waals surface area contributed by atoms with Gasteiger partial charge in [-0.05, 0) is 43.4 Å². The minimum atomic E-state index is -3.24. The lowest BCUT2D eigenvalue weighted by atomic mass is 9.74. The van der Waals surface area contributed by atoms with E-state index in [-0.39, 0.29) is 11.7 Å². The average molecular weight is 319 g/mol. The predicted molar refractivity (Wildman–Crippen MR) is 75.5 cm³/mol. The molecule has 1 aliphatic heterocycles. The molecular formula is C15H23F2NO2S. The summed E-state index contributed by atoms with van der Waals surface area (Å²) in [7, 11) is -3.24. The SMILES string of the molecule is O=S(=O)(C1CC2CCCC21)N1CC(CC(F)F)(C2CC2)C1. The Kier molecular flexibility index (Phi) is 3.17. The lowest BCUT2D eigenvalue weighted by Crippen LogP contribution is -2.63. The Hall–Kier alpha value is -0.230. The van der Waals surface area contributed by atoms with Gasteiger partial charge in [-0.25, -0.2) is 21.5 Å². The van der Waals surface area contributed by atoms with Gasteiger partial charge in [0.1, 0.15) is 0 Å². The fourth-order valence-corrected chi connectivity index (χ4v) is 7.60. The van der Waals surface area contributed by atoms with Gasteiger partial charge in [0, 0.05) is 24.9 Å². The van der Waals surface area contributed by atoms with E-state index in [2.05, 4.69) is 0 Å². The molecule has 3 saturated carbocycles. The van der Waals surface area contributed by atoms with Gasteiger partial charge in [0.15, 0.2) is 0 Å². The molecule has 0 aromatic heterocycles. The van der Waals surface area contributed by atoms with Crippen molar-refractivity contribution in [2.45, 2.75) is 56.6 Å². The van der Waals surface area contributed by atoms with E-state index < -0.39 is 21.9 Å². The molecule has 3 atom stereocenters. The molecule has 6 heteroatoms. The van der Waals surface area contributed by atoms with Crippen LogP contribution in [0, 0.1) is 23.2 Å². The monoisotopic (exact) mass is 319 g/mol. The fourth-order valence-electron chi connectivity index (χ4n) is 5.05. The molecule has 0 aromatic carbocycles. The quantitative estimate of drug-likeness (QED) is 0.781.